The quantitative estimate of drug-likeness (QED) is 0.509. The summed E-state index contributed by atoms with van der Waals surface area (Å²) in [4.78, 5) is 5.33. The lowest BCUT2D eigenvalue weighted by molar-refractivity contribution is 0.0450. The fourth-order valence-corrected chi connectivity index (χ4v) is 5.65. The summed E-state index contributed by atoms with van der Waals surface area (Å²) in [5.41, 5.74) is 0. The molecule has 1 aliphatic heterocycles. The molecule has 2 atom stereocenters. The van der Waals surface area contributed by atoms with Gasteiger partial charge in [0.15, 0.2) is 0 Å². The van der Waals surface area contributed by atoms with Crippen LogP contribution in [0.3, 0.4) is 0 Å². The Bertz CT molecular complexity index is 301. The van der Waals surface area contributed by atoms with Crippen LogP contribution in [0.25, 0.3) is 0 Å². The summed E-state index contributed by atoms with van der Waals surface area (Å²) in [6.07, 6.45) is 6.66. The van der Waals surface area contributed by atoms with E-state index in [9.17, 15) is 0 Å². The van der Waals surface area contributed by atoms with Crippen molar-refractivity contribution >= 4 is 8.80 Å². The van der Waals surface area contributed by atoms with Gasteiger partial charge in [0.1, 0.15) is 0 Å². The topological polar surface area (TPSA) is 30.3 Å². The minimum Gasteiger partial charge on any atom is -0.291 e. The van der Waals surface area contributed by atoms with Crippen LogP contribution in [0.4, 0.5) is 0 Å². The maximum absolute atomic E-state index is 9.08. The second-order valence-corrected chi connectivity index (χ2v) is 9.72. The van der Waals surface area contributed by atoms with Gasteiger partial charge in [0.05, 0.1) is 20.8 Å². The Morgan fingerprint density at radius 3 is 2.50 bits per heavy atom. The molecule has 0 radical (unpaired) electrons. The van der Waals surface area contributed by atoms with Crippen molar-refractivity contribution in [3.8, 4) is 6.07 Å². The van der Waals surface area contributed by atoms with E-state index in [0.717, 1.165) is 6.54 Å². The Morgan fingerprint density at radius 1 is 1.20 bits per heavy atom. The molecule has 0 amide bonds. The van der Waals surface area contributed by atoms with Crippen LogP contribution in [-0.2, 0) is 0 Å². The van der Waals surface area contributed by atoms with E-state index in [-0.39, 0.29) is 5.92 Å². The lowest BCUT2D eigenvalue weighted by atomic mass is 10.1. The van der Waals surface area contributed by atoms with Crippen molar-refractivity contribution in [2.45, 2.75) is 64.8 Å². The van der Waals surface area contributed by atoms with Gasteiger partial charge < -0.3 is 0 Å². The van der Waals surface area contributed by atoms with Gasteiger partial charge in [0, 0.05) is 25.4 Å². The van der Waals surface area contributed by atoms with Gasteiger partial charge in [0.2, 0.25) is 0 Å². The highest BCUT2D eigenvalue weighted by molar-refractivity contribution is 6.57. The molecule has 2 unspecified atom stereocenters. The predicted octanol–water partition coefficient (Wildman–Crippen LogP) is 3.09. The molecule has 116 valence electrons. The zero-order chi connectivity index (χ0) is 15.0. The molecule has 3 nitrogen and oxygen atoms in total. The summed E-state index contributed by atoms with van der Waals surface area (Å²) >= 11 is 0. The zero-order valence-electron chi connectivity index (χ0n) is 13.9. The molecule has 0 bridgehead atoms. The van der Waals surface area contributed by atoms with E-state index < -0.39 is 8.80 Å². The second-order valence-electron chi connectivity index (χ2n) is 6.63. The highest BCUT2D eigenvalue weighted by atomic mass is 28.3. The summed E-state index contributed by atoms with van der Waals surface area (Å²) in [6.45, 7) is 13.9. The first-order valence-corrected chi connectivity index (χ1v) is 11.5. The van der Waals surface area contributed by atoms with Gasteiger partial charge in [-0.3, -0.25) is 9.80 Å². The molecule has 1 aliphatic rings. The van der Waals surface area contributed by atoms with E-state index in [4.69, 9.17) is 5.26 Å². The molecule has 20 heavy (non-hydrogen) atoms. The van der Waals surface area contributed by atoms with Gasteiger partial charge >= 0.3 is 0 Å². The van der Waals surface area contributed by atoms with Gasteiger partial charge in [-0.15, -0.1) is 0 Å². The second kappa shape index (κ2) is 9.54. The van der Waals surface area contributed by atoms with Crippen LogP contribution in [-0.4, -0.2) is 50.6 Å². The lowest BCUT2D eigenvalue weighted by Gasteiger charge is -2.46. The summed E-state index contributed by atoms with van der Waals surface area (Å²) in [5, 5.41) is 9.08. The predicted molar refractivity (Wildman–Crippen MR) is 89.3 cm³/mol. The van der Waals surface area contributed by atoms with Crippen molar-refractivity contribution < 1.29 is 0 Å². The standard InChI is InChI=1S/C16H33N3Si/c1-5-6-7-8-10-18-11-9-12-19(14-15(2)13-17)16(18)20(3)4/h15-16,20H,5-12,14H2,1-4H3. The van der Waals surface area contributed by atoms with Crippen molar-refractivity contribution in [1.29, 1.82) is 5.26 Å². The van der Waals surface area contributed by atoms with Crippen LogP contribution in [0.15, 0.2) is 0 Å². The molecule has 0 aromatic carbocycles. The van der Waals surface area contributed by atoms with Gasteiger partial charge in [-0.05, 0) is 26.3 Å². The van der Waals surface area contributed by atoms with Crippen molar-refractivity contribution in [3.05, 3.63) is 0 Å². The van der Waals surface area contributed by atoms with Crippen molar-refractivity contribution in [2.75, 3.05) is 26.2 Å². The third kappa shape index (κ3) is 5.55. The molecule has 0 saturated carbocycles. The Morgan fingerprint density at radius 2 is 1.90 bits per heavy atom. The number of hydrogen-bond donors (Lipinski definition) is 0. The first-order valence-electron chi connectivity index (χ1n) is 8.47. The molecule has 0 spiro atoms. The SMILES string of the molecule is CCCCCCN1CCCN(CC(C)C#N)C1[SiH](C)C. The smallest absolute Gasteiger partial charge is 0.0692 e. The first-order chi connectivity index (χ1) is 9.60. The molecule has 1 rings (SSSR count). The minimum absolute atomic E-state index is 0.158. The third-order valence-corrected chi connectivity index (χ3v) is 6.30. The van der Waals surface area contributed by atoms with Gasteiger partial charge in [0.25, 0.3) is 0 Å². The minimum atomic E-state index is -0.754. The average molecular weight is 296 g/mol. The summed E-state index contributed by atoms with van der Waals surface area (Å²) in [7, 11) is -0.754. The Hall–Kier alpha value is -0.373. The van der Waals surface area contributed by atoms with E-state index in [2.05, 4.69) is 42.8 Å². The molecular weight excluding hydrogens is 262 g/mol. The summed E-state index contributed by atoms with van der Waals surface area (Å²) in [5.74, 6) is 0.825. The normalized spacial score (nSPS) is 22.9. The fourth-order valence-electron chi connectivity index (χ4n) is 3.39. The Kier molecular flexibility index (Phi) is 8.43. The van der Waals surface area contributed by atoms with Crippen molar-refractivity contribution in [2.24, 2.45) is 5.92 Å². The van der Waals surface area contributed by atoms with E-state index >= 15 is 0 Å². The first kappa shape index (κ1) is 17.7. The molecule has 0 aliphatic carbocycles. The van der Waals surface area contributed by atoms with Crippen LogP contribution >= 0.6 is 0 Å². The van der Waals surface area contributed by atoms with E-state index in [1.165, 1.54) is 51.7 Å². The molecule has 1 heterocycles. The summed E-state index contributed by atoms with van der Waals surface area (Å²) < 4.78 is 0. The maximum atomic E-state index is 9.08. The number of unbranched alkanes of at least 4 members (excludes halogenated alkanes) is 3. The van der Waals surface area contributed by atoms with Crippen molar-refractivity contribution in [1.82, 2.24) is 9.80 Å². The maximum Gasteiger partial charge on any atom is 0.0692 e. The van der Waals surface area contributed by atoms with E-state index in [1.807, 2.05) is 0 Å². The molecule has 1 fully saturated rings. The van der Waals surface area contributed by atoms with E-state index in [0.29, 0.717) is 5.79 Å². The number of nitriles is 1. The van der Waals surface area contributed by atoms with E-state index in [1.54, 1.807) is 0 Å². The monoisotopic (exact) mass is 295 g/mol. The zero-order valence-corrected chi connectivity index (χ0v) is 15.1. The number of rotatable bonds is 8. The van der Waals surface area contributed by atoms with Crippen LogP contribution in [0.5, 0.6) is 0 Å². The van der Waals surface area contributed by atoms with Gasteiger partial charge in [-0.25, -0.2) is 0 Å². The third-order valence-electron chi connectivity index (χ3n) is 4.26. The highest BCUT2D eigenvalue weighted by Gasteiger charge is 2.32. The molecule has 4 heteroatoms. The number of hydrogen-bond acceptors (Lipinski definition) is 3. The Balaban J connectivity index is 2.56. The fraction of sp³-hybridized carbons (Fsp3) is 0.938. The van der Waals surface area contributed by atoms with Crippen LogP contribution in [0.2, 0.25) is 13.1 Å². The Labute approximate surface area is 127 Å². The average Bonchev–Trinajstić information content (AvgIpc) is 2.43. The molecular formula is C16H33N3Si. The lowest BCUT2D eigenvalue weighted by Crippen LogP contribution is -2.60. The van der Waals surface area contributed by atoms with Crippen LogP contribution in [0.1, 0.15) is 46.0 Å². The molecule has 0 aromatic rings. The van der Waals surface area contributed by atoms with Crippen molar-refractivity contribution in [3.63, 3.8) is 0 Å². The molecule has 0 N–H and O–H groups in total. The largest absolute Gasteiger partial charge is 0.291 e. The number of nitrogens with zero attached hydrogens (tertiary/aromatic N) is 3. The van der Waals surface area contributed by atoms with Crippen LogP contribution < -0.4 is 0 Å². The van der Waals surface area contributed by atoms with Crippen LogP contribution in [0, 0.1) is 17.2 Å². The molecule has 1 saturated heterocycles. The summed E-state index contributed by atoms with van der Waals surface area (Å²) in [6, 6.07) is 2.40. The van der Waals surface area contributed by atoms with Gasteiger partial charge in [-0.1, -0.05) is 39.3 Å². The highest BCUT2D eigenvalue weighted by Crippen LogP contribution is 2.19. The molecule has 0 aromatic heterocycles. The van der Waals surface area contributed by atoms with Gasteiger partial charge in [-0.2, -0.15) is 5.26 Å².